The third-order valence-corrected chi connectivity index (χ3v) is 2.16. The normalized spacial score (nSPS) is 11.4. The summed E-state index contributed by atoms with van der Waals surface area (Å²) in [5, 5.41) is 13.6. The monoisotopic (exact) mass is 278 g/mol. The molecule has 0 amide bonds. The van der Waals surface area contributed by atoms with Gasteiger partial charge in [-0.25, -0.2) is 0 Å². The first-order valence-corrected chi connectivity index (χ1v) is 5.49. The molecule has 1 rings (SSSR count). The minimum absolute atomic E-state index is 0.185. The summed E-state index contributed by atoms with van der Waals surface area (Å²) in [6.07, 6.45) is -4.41. The Morgan fingerprint density at radius 1 is 1.42 bits per heavy atom. The van der Waals surface area contributed by atoms with Crippen LogP contribution < -0.4 is 5.32 Å². The lowest BCUT2D eigenvalue weighted by atomic mass is 10.2. The lowest BCUT2D eigenvalue weighted by Gasteiger charge is -2.09. The average molecular weight is 278 g/mol. The van der Waals surface area contributed by atoms with Gasteiger partial charge in [0.2, 0.25) is 0 Å². The van der Waals surface area contributed by atoms with Gasteiger partial charge in [0.25, 0.3) is 5.69 Å². The van der Waals surface area contributed by atoms with E-state index in [0.717, 1.165) is 0 Å². The van der Waals surface area contributed by atoms with Crippen molar-refractivity contribution in [2.24, 2.45) is 0 Å². The zero-order valence-electron chi connectivity index (χ0n) is 10.2. The fraction of sp³-hybridized carbons (Fsp3) is 0.455. The minimum atomic E-state index is -4.41. The molecule has 0 saturated carbocycles. The third kappa shape index (κ3) is 5.12. The number of nitrogens with one attached hydrogen (secondary N) is 1. The minimum Gasteiger partial charge on any atom is -0.380 e. The van der Waals surface area contributed by atoms with Crippen molar-refractivity contribution >= 4 is 11.4 Å². The maximum atomic E-state index is 11.9. The number of alkyl halides is 3. The van der Waals surface area contributed by atoms with E-state index in [1.165, 1.54) is 18.2 Å². The number of hydrogen-bond acceptors (Lipinski definition) is 4. The first kappa shape index (κ1) is 15.2. The number of anilines is 1. The summed E-state index contributed by atoms with van der Waals surface area (Å²) in [5.41, 5.74) is 0.458. The molecule has 0 aliphatic heterocycles. The molecule has 0 heterocycles. The van der Waals surface area contributed by atoms with Gasteiger partial charge in [0.1, 0.15) is 12.3 Å². The predicted molar refractivity (Wildman–Crippen MR) is 63.0 cm³/mol. The molecule has 5 nitrogen and oxygen atoms in total. The Morgan fingerprint density at radius 2 is 2.11 bits per heavy atom. The Balaban J connectivity index is 2.75. The number of rotatable bonds is 6. The topological polar surface area (TPSA) is 64.4 Å². The summed E-state index contributed by atoms with van der Waals surface area (Å²) in [4.78, 5) is 10.2. The number of hydrogen-bond donors (Lipinski definition) is 1. The molecule has 0 aliphatic carbocycles. The Kier molecular flexibility index (Phi) is 5.11. The molecule has 0 spiro atoms. The molecule has 1 aromatic carbocycles. The summed E-state index contributed by atoms with van der Waals surface area (Å²) < 4.78 is 40.1. The van der Waals surface area contributed by atoms with Gasteiger partial charge in [-0.05, 0) is 18.6 Å². The van der Waals surface area contributed by atoms with Crippen LogP contribution in [-0.4, -0.2) is 24.3 Å². The predicted octanol–water partition coefficient (Wildman–Crippen LogP) is 3.11. The molecule has 8 heteroatoms. The number of nitro benzene ring substituents is 1. The highest BCUT2D eigenvalue weighted by atomic mass is 19.4. The van der Waals surface area contributed by atoms with Crippen LogP contribution >= 0.6 is 0 Å². The van der Waals surface area contributed by atoms with Gasteiger partial charge in [0.05, 0.1) is 11.5 Å². The lowest BCUT2D eigenvalue weighted by molar-refractivity contribution is -0.384. The Hall–Kier alpha value is -1.83. The maximum absolute atomic E-state index is 11.9. The fourth-order valence-electron chi connectivity index (χ4n) is 1.44. The quantitative estimate of drug-likeness (QED) is 0.641. The van der Waals surface area contributed by atoms with Crippen molar-refractivity contribution in [1.29, 1.82) is 0 Å². The second-order valence-electron chi connectivity index (χ2n) is 3.75. The van der Waals surface area contributed by atoms with Crippen molar-refractivity contribution in [3.63, 3.8) is 0 Å². The van der Waals surface area contributed by atoms with E-state index >= 15 is 0 Å². The third-order valence-electron chi connectivity index (χ3n) is 2.16. The molecule has 19 heavy (non-hydrogen) atoms. The van der Waals surface area contributed by atoms with Crippen molar-refractivity contribution in [3.8, 4) is 0 Å². The van der Waals surface area contributed by atoms with E-state index in [9.17, 15) is 23.3 Å². The van der Waals surface area contributed by atoms with E-state index < -0.39 is 17.7 Å². The standard InChI is InChI=1S/C11H13F3N2O3/c1-2-15-9-4-3-8(5-10(9)16(17)18)6-19-7-11(12,13)14/h3-5,15H,2,6-7H2,1H3. The molecule has 0 fully saturated rings. The first-order valence-electron chi connectivity index (χ1n) is 5.49. The summed E-state index contributed by atoms with van der Waals surface area (Å²) in [7, 11) is 0. The first-order chi connectivity index (χ1) is 8.83. The van der Waals surface area contributed by atoms with Gasteiger partial charge in [-0.15, -0.1) is 0 Å². The van der Waals surface area contributed by atoms with Crippen LogP contribution in [0, 0.1) is 10.1 Å². The number of benzene rings is 1. The molecular formula is C11H13F3N2O3. The zero-order chi connectivity index (χ0) is 14.5. The number of nitro groups is 1. The number of halogens is 3. The van der Waals surface area contributed by atoms with Crippen molar-refractivity contribution in [3.05, 3.63) is 33.9 Å². The van der Waals surface area contributed by atoms with E-state index in [1.807, 2.05) is 0 Å². The molecule has 0 aliphatic rings. The molecule has 1 N–H and O–H groups in total. The Morgan fingerprint density at radius 3 is 2.63 bits per heavy atom. The fourth-order valence-corrected chi connectivity index (χ4v) is 1.44. The van der Waals surface area contributed by atoms with E-state index in [4.69, 9.17) is 0 Å². The van der Waals surface area contributed by atoms with Crippen LogP contribution in [0.4, 0.5) is 24.5 Å². The largest absolute Gasteiger partial charge is 0.411 e. The van der Waals surface area contributed by atoms with E-state index in [0.29, 0.717) is 17.8 Å². The van der Waals surface area contributed by atoms with E-state index in [-0.39, 0.29) is 12.3 Å². The van der Waals surface area contributed by atoms with E-state index in [2.05, 4.69) is 10.1 Å². The van der Waals surface area contributed by atoms with Crippen molar-refractivity contribution in [2.75, 3.05) is 18.5 Å². The van der Waals surface area contributed by atoms with Crippen LogP contribution in [-0.2, 0) is 11.3 Å². The highest BCUT2D eigenvalue weighted by molar-refractivity contribution is 5.62. The van der Waals surface area contributed by atoms with Gasteiger partial charge < -0.3 is 10.1 Å². The second-order valence-corrected chi connectivity index (χ2v) is 3.75. The molecule has 106 valence electrons. The Labute approximate surface area is 107 Å². The smallest absolute Gasteiger partial charge is 0.380 e. The number of ether oxygens (including phenoxy) is 1. The molecule has 0 bridgehead atoms. The average Bonchev–Trinajstić information content (AvgIpc) is 2.29. The van der Waals surface area contributed by atoms with Crippen LogP contribution in [0.2, 0.25) is 0 Å². The van der Waals surface area contributed by atoms with Gasteiger partial charge in [-0.2, -0.15) is 13.2 Å². The van der Waals surface area contributed by atoms with Gasteiger partial charge in [0, 0.05) is 12.6 Å². The van der Waals surface area contributed by atoms with Crippen LogP contribution in [0.15, 0.2) is 18.2 Å². The second kappa shape index (κ2) is 6.37. The van der Waals surface area contributed by atoms with Crippen molar-refractivity contribution < 1.29 is 22.8 Å². The van der Waals surface area contributed by atoms with Gasteiger partial charge in [-0.1, -0.05) is 6.07 Å². The summed E-state index contributed by atoms with van der Waals surface area (Å²) in [6, 6.07) is 4.14. The van der Waals surface area contributed by atoms with Crippen LogP contribution in [0.3, 0.4) is 0 Å². The van der Waals surface area contributed by atoms with Crippen LogP contribution in [0.1, 0.15) is 12.5 Å². The van der Waals surface area contributed by atoms with Gasteiger partial charge in [-0.3, -0.25) is 10.1 Å². The maximum Gasteiger partial charge on any atom is 0.411 e. The summed E-state index contributed by atoms with van der Waals surface area (Å²) in [5.74, 6) is 0. The van der Waals surface area contributed by atoms with Gasteiger partial charge in [0.15, 0.2) is 0 Å². The highest BCUT2D eigenvalue weighted by Gasteiger charge is 2.27. The molecule has 0 saturated heterocycles. The molecule has 0 atom stereocenters. The molecule has 1 aromatic rings. The van der Waals surface area contributed by atoms with Crippen molar-refractivity contribution in [1.82, 2.24) is 0 Å². The Bertz CT molecular complexity index is 449. The van der Waals surface area contributed by atoms with Gasteiger partial charge >= 0.3 is 6.18 Å². The molecular weight excluding hydrogens is 265 g/mol. The van der Waals surface area contributed by atoms with Crippen LogP contribution in [0.5, 0.6) is 0 Å². The lowest BCUT2D eigenvalue weighted by Crippen LogP contribution is -2.16. The van der Waals surface area contributed by atoms with E-state index in [1.54, 1.807) is 6.92 Å². The highest BCUT2D eigenvalue weighted by Crippen LogP contribution is 2.26. The van der Waals surface area contributed by atoms with Crippen LogP contribution in [0.25, 0.3) is 0 Å². The number of nitrogens with zero attached hydrogens (tertiary/aromatic N) is 1. The molecule has 0 radical (unpaired) electrons. The molecule has 0 aromatic heterocycles. The summed E-state index contributed by atoms with van der Waals surface area (Å²) in [6.45, 7) is 0.581. The van der Waals surface area contributed by atoms with Crippen molar-refractivity contribution in [2.45, 2.75) is 19.7 Å². The zero-order valence-corrected chi connectivity index (χ0v) is 10.2. The SMILES string of the molecule is CCNc1ccc(COCC(F)(F)F)cc1[N+](=O)[O-]. The molecule has 0 unspecified atom stereocenters. The summed E-state index contributed by atoms with van der Waals surface area (Å²) >= 11 is 0.